The fraction of sp³-hybridized carbons (Fsp3) is 0.478. The molecule has 1 aromatic heterocycles. The molecular formula is C23H32N4O2S. The average molecular weight is 429 g/mol. The molecular weight excluding hydrogens is 396 g/mol. The van der Waals surface area contributed by atoms with Crippen molar-refractivity contribution >= 4 is 34.3 Å². The minimum Gasteiger partial charge on any atom is -0.492 e. The molecule has 162 valence electrons. The molecule has 1 aliphatic rings. The number of nitrogens with zero attached hydrogens (tertiary/aromatic N) is 4. The number of carbonyl (C=O) groups is 1. The molecule has 7 heteroatoms. The molecule has 1 aromatic carbocycles. The standard InChI is InChI=1S/C23H32N4O2S/c1-4-25-12-8-13-26(15-14-25)17-22(24-23-19(3)11-16-30-23)27(18-28)20-9-6-7-10-21(20)29-5-2/h6-7,9-11,16,18H,4-5,8,12-15,17H2,1-3H3/b24-22-. The SMILES string of the molecule is CCOc1ccccc1N(C=O)/C(CN1CCCN(CC)CC1)=N\c1sccc1C. The minimum atomic E-state index is 0.541. The third kappa shape index (κ3) is 5.68. The summed E-state index contributed by atoms with van der Waals surface area (Å²) in [6.07, 6.45) is 1.98. The molecule has 6 nitrogen and oxygen atoms in total. The molecule has 1 aliphatic heterocycles. The topological polar surface area (TPSA) is 48.4 Å². The molecule has 1 saturated heterocycles. The lowest BCUT2D eigenvalue weighted by Gasteiger charge is -2.27. The zero-order valence-corrected chi connectivity index (χ0v) is 19.0. The van der Waals surface area contributed by atoms with E-state index in [-0.39, 0.29) is 0 Å². The predicted octanol–water partition coefficient (Wildman–Crippen LogP) is 4.18. The van der Waals surface area contributed by atoms with Gasteiger partial charge in [0.1, 0.15) is 16.6 Å². The number of likely N-dealkylation sites (N-methyl/N-ethyl adjacent to an activating group) is 1. The highest BCUT2D eigenvalue weighted by Gasteiger charge is 2.22. The van der Waals surface area contributed by atoms with Crippen molar-refractivity contribution < 1.29 is 9.53 Å². The Balaban J connectivity index is 1.94. The van der Waals surface area contributed by atoms with Crippen LogP contribution in [0.25, 0.3) is 0 Å². The van der Waals surface area contributed by atoms with Gasteiger partial charge in [-0.15, -0.1) is 11.3 Å². The van der Waals surface area contributed by atoms with Gasteiger partial charge in [0.2, 0.25) is 6.41 Å². The fourth-order valence-corrected chi connectivity index (χ4v) is 4.46. The summed E-state index contributed by atoms with van der Waals surface area (Å²) >= 11 is 1.60. The lowest BCUT2D eigenvalue weighted by Crippen LogP contribution is -2.41. The van der Waals surface area contributed by atoms with E-state index in [0.717, 1.165) is 67.6 Å². The molecule has 2 heterocycles. The van der Waals surface area contributed by atoms with Gasteiger partial charge in [0.05, 0.1) is 18.8 Å². The first kappa shape index (κ1) is 22.5. The summed E-state index contributed by atoms with van der Waals surface area (Å²) in [5.74, 6) is 1.42. The van der Waals surface area contributed by atoms with Crippen LogP contribution in [0.15, 0.2) is 40.7 Å². The van der Waals surface area contributed by atoms with Gasteiger partial charge >= 0.3 is 0 Å². The predicted molar refractivity (Wildman–Crippen MR) is 125 cm³/mol. The zero-order valence-electron chi connectivity index (χ0n) is 18.2. The minimum absolute atomic E-state index is 0.541. The first-order valence-corrected chi connectivity index (χ1v) is 11.6. The van der Waals surface area contributed by atoms with Gasteiger partial charge < -0.3 is 9.64 Å². The Kier molecular flexibility index (Phi) is 8.42. The molecule has 0 N–H and O–H groups in total. The van der Waals surface area contributed by atoms with Crippen LogP contribution in [0.3, 0.4) is 0 Å². The Hall–Kier alpha value is -2.22. The highest BCUT2D eigenvalue weighted by Crippen LogP contribution is 2.30. The Morgan fingerprint density at radius 3 is 2.63 bits per heavy atom. The smallest absolute Gasteiger partial charge is 0.219 e. The Bertz CT molecular complexity index is 851. The van der Waals surface area contributed by atoms with Gasteiger partial charge in [-0.3, -0.25) is 14.6 Å². The van der Waals surface area contributed by atoms with Crippen LogP contribution in [0.1, 0.15) is 25.8 Å². The van der Waals surface area contributed by atoms with Crippen molar-refractivity contribution in [2.24, 2.45) is 4.99 Å². The number of amidine groups is 1. The zero-order chi connectivity index (χ0) is 21.3. The van der Waals surface area contributed by atoms with E-state index in [1.54, 1.807) is 16.2 Å². The Labute approximate surface area is 183 Å². The molecule has 0 radical (unpaired) electrons. The van der Waals surface area contributed by atoms with E-state index in [2.05, 4.69) is 29.7 Å². The summed E-state index contributed by atoms with van der Waals surface area (Å²) in [7, 11) is 0. The molecule has 0 saturated carbocycles. The van der Waals surface area contributed by atoms with Gasteiger partial charge in [-0.25, -0.2) is 4.99 Å². The normalized spacial score (nSPS) is 16.3. The summed E-state index contributed by atoms with van der Waals surface area (Å²) in [5.41, 5.74) is 1.85. The number of hydrogen-bond acceptors (Lipinski definition) is 6. The maximum atomic E-state index is 12.3. The second kappa shape index (κ2) is 11.2. The molecule has 1 fully saturated rings. The molecule has 0 aliphatic carbocycles. The lowest BCUT2D eigenvalue weighted by atomic mass is 10.2. The molecule has 30 heavy (non-hydrogen) atoms. The van der Waals surface area contributed by atoms with Crippen molar-refractivity contribution in [1.82, 2.24) is 9.80 Å². The van der Waals surface area contributed by atoms with E-state index in [9.17, 15) is 4.79 Å². The number of amides is 1. The maximum absolute atomic E-state index is 12.3. The molecule has 1 amide bonds. The fourth-order valence-electron chi connectivity index (χ4n) is 3.65. The van der Waals surface area contributed by atoms with Gasteiger partial charge in [-0.1, -0.05) is 19.1 Å². The largest absolute Gasteiger partial charge is 0.492 e. The number of hydrogen-bond donors (Lipinski definition) is 0. The highest BCUT2D eigenvalue weighted by atomic mass is 32.1. The molecule has 0 bridgehead atoms. The van der Waals surface area contributed by atoms with Crippen LogP contribution in [-0.2, 0) is 4.79 Å². The first-order valence-electron chi connectivity index (χ1n) is 10.7. The number of anilines is 1. The third-order valence-corrected chi connectivity index (χ3v) is 6.28. The summed E-state index contributed by atoms with van der Waals surface area (Å²) in [5, 5.41) is 2.98. The molecule has 0 unspecified atom stereocenters. The van der Waals surface area contributed by atoms with E-state index in [1.807, 2.05) is 36.6 Å². The van der Waals surface area contributed by atoms with Gasteiger partial charge in [-0.05, 0) is 69.0 Å². The molecule has 2 aromatic rings. The van der Waals surface area contributed by atoms with Crippen molar-refractivity contribution in [2.45, 2.75) is 27.2 Å². The number of aryl methyl sites for hydroxylation is 1. The van der Waals surface area contributed by atoms with Crippen LogP contribution in [0.4, 0.5) is 10.7 Å². The van der Waals surface area contributed by atoms with Crippen molar-refractivity contribution in [3.05, 3.63) is 41.3 Å². The van der Waals surface area contributed by atoms with Crippen LogP contribution >= 0.6 is 11.3 Å². The van der Waals surface area contributed by atoms with E-state index in [4.69, 9.17) is 9.73 Å². The second-order valence-corrected chi connectivity index (χ2v) is 8.27. The van der Waals surface area contributed by atoms with E-state index < -0.39 is 0 Å². The van der Waals surface area contributed by atoms with E-state index in [1.165, 1.54) is 0 Å². The van der Waals surface area contributed by atoms with Gasteiger partial charge in [0, 0.05) is 13.1 Å². The number of benzene rings is 1. The number of carbonyl (C=O) groups excluding carboxylic acids is 1. The number of aliphatic imine (C=N–C) groups is 1. The van der Waals surface area contributed by atoms with Crippen LogP contribution < -0.4 is 9.64 Å². The maximum Gasteiger partial charge on any atom is 0.219 e. The van der Waals surface area contributed by atoms with Crippen molar-refractivity contribution in [1.29, 1.82) is 0 Å². The summed E-state index contributed by atoms with van der Waals surface area (Å²) in [6.45, 7) is 12.6. The van der Waals surface area contributed by atoms with Crippen LogP contribution in [-0.4, -0.2) is 67.9 Å². The molecule has 3 rings (SSSR count). The van der Waals surface area contributed by atoms with Gasteiger partial charge in [0.15, 0.2) is 0 Å². The molecule has 0 atom stereocenters. The van der Waals surface area contributed by atoms with E-state index >= 15 is 0 Å². The number of thiophene rings is 1. The summed E-state index contributed by atoms with van der Waals surface area (Å²) in [6, 6.07) is 9.72. The first-order chi connectivity index (χ1) is 14.7. The molecule has 0 spiro atoms. The average Bonchev–Trinajstić information content (AvgIpc) is 3.02. The van der Waals surface area contributed by atoms with Crippen molar-refractivity contribution in [2.75, 3.05) is 50.8 Å². The summed E-state index contributed by atoms with van der Waals surface area (Å²) < 4.78 is 5.79. The van der Waals surface area contributed by atoms with Crippen LogP contribution in [0, 0.1) is 6.92 Å². The van der Waals surface area contributed by atoms with Gasteiger partial charge in [-0.2, -0.15) is 0 Å². The van der Waals surface area contributed by atoms with Gasteiger partial charge in [0.25, 0.3) is 0 Å². The summed E-state index contributed by atoms with van der Waals surface area (Å²) in [4.78, 5) is 23.8. The Morgan fingerprint density at radius 2 is 1.93 bits per heavy atom. The lowest BCUT2D eigenvalue weighted by molar-refractivity contribution is -0.106. The van der Waals surface area contributed by atoms with Crippen molar-refractivity contribution in [3.63, 3.8) is 0 Å². The number of ether oxygens (including phenoxy) is 1. The number of para-hydroxylation sites is 2. The highest BCUT2D eigenvalue weighted by molar-refractivity contribution is 7.14. The van der Waals surface area contributed by atoms with Crippen molar-refractivity contribution in [3.8, 4) is 5.75 Å². The van der Waals surface area contributed by atoms with E-state index in [0.29, 0.717) is 18.9 Å². The van der Waals surface area contributed by atoms with Crippen LogP contribution in [0.5, 0.6) is 5.75 Å². The number of rotatable bonds is 8. The Morgan fingerprint density at radius 1 is 1.17 bits per heavy atom. The van der Waals surface area contributed by atoms with Crippen LogP contribution in [0.2, 0.25) is 0 Å². The quantitative estimate of drug-likeness (QED) is 0.360. The second-order valence-electron chi connectivity index (χ2n) is 7.38. The monoisotopic (exact) mass is 428 g/mol. The third-order valence-electron chi connectivity index (χ3n) is 5.37.